The Kier molecular flexibility index (Phi) is 1.93. The number of aryl methyl sites for hydroxylation is 1. The Labute approximate surface area is 81.3 Å². The molecule has 1 atom stereocenters. The molecule has 0 radical (unpaired) electrons. The molecule has 0 amide bonds. The van der Waals surface area contributed by atoms with Crippen LogP contribution in [0.4, 0.5) is 0 Å². The summed E-state index contributed by atoms with van der Waals surface area (Å²) in [5, 5.41) is 0. The summed E-state index contributed by atoms with van der Waals surface area (Å²) >= 11 is 0. The van der Waals surface area contributed by atoms with Crippen molar-refractivity contribution in [3.8, 4) is 0 Å². The van der Waals surface area contributed by atoms with Crippen molar-refractivity contribution in [3.05, 3.63) is 34.2 Å². The lowest BCUT2D eigenvalue weighted by Crippen LogP contribution is -2.11. The van der Waals surface area contributed by atoms with Crippen LogP contribution in [0.15, 0.2) is 23.0 Å². The minimum absolute atomic E-state index is 0.0110. The number of hydrogen-bond donors (Lipinski definition) is 2. The van der Waals surface area contributed by atoms with E-state index in [1.165, 1.54) is 0 Å². The first kappa shape index (κ1) is 9.02. The van der Waals surface area contributed by atoms with Gasteiger partial charge in [0.05, 0.1) is 11.0 Å². The number of hydrogen-bond acceptors (Lipinski definition) is 2. The molecule has 0 saturated heterocycles. The standard InChI is InChI=1S/C10H13N3O/c1-6(11)7-3-4-9-8(5-7)12-10(14)13(9)2/h3-6H,11H2,1-2H3,(H,12,14). The van der Waals surface area contributed by atoms with Crippen LogP contribution in [-0.2, 0) is 7.05 Å². The fourth-order valence-electron chi connectivity index (χ4n) is 1.54. The van der Waals surface area contributed by atoms with Crippen LogP contribution in [0, 0.1) is 0 Å². The Bertz CT molecular complexity index is 522. The molecule has 4 nitrogen and oxygen atoms in total. The maximum atomic E-state index is 11.3. The molecule has 0 aliphatic rings. The molecule has 1 aromatic heterocycles. The fraction of sp³-hybridized carbons (Fsp3) is 0.300. The molecule has 2 aromatic rings. The Balaban J connectivity index is 2.73. The van der Waals surface area contributed by atoms with Crippen molar-refractivity contribution in [2.45, 2.75) is 13.0 Å². The first-order chi connectivity index (χ1) is 6.59. The van der Waals surface area contributed by atoms with E-state index in [4.69, 9.17) is 5.73 Å². The van der Waals surface area contributed by atoms with Crippen LogP contribution in [0.5, 0.6) is 0 Å². The molecule has 2 rings (SSSR count). The molecule has 0 fully saturated rings. The zero-order chi connectivity index (χ0) is 10.3. The first-order valence-electron chi connectivity index (χ1n) is 4.54. The van der Waals surface area contributed by atoms with E-state index in [9.17, 15) is 4.79 Å². The highest BCUT2D eigenvalue weighted by Gasteiger charge is 2.05. The number of H-pyrrole nitrogens is 1. The number of nitrogens with one attached hydrogen (secondary N) is 1. The van der Waals surface area contributed by atoms with Crippen molar-refractivity contribution in [2.75, 3.05) is 0 Å². The van der Waals surface area contributed by atoms with Gasteiger partial charge in [0.1, 0.15) is 0 Å². The zero-order valence-electron chi connectivity index (χ0n) is 8.24. The number of nitrogens with zero attached hydrogens (tertiary/aromatic N) is 1. The van der Waals surface area contributed by atoms with Crippen LogP contribution in [0.3, 0.4) is 0 Å². The van der Waals surface area contributed by atoms with Crippen LogP contribution < -0.4 is 11.4 Å². The van der Waals surface area contributed by atoms with Crippen molar-refractivity contribution in [1.82, 2.24) is 9.55 Å². The summed E-state index contributed by atoms with van der Waals surface area (Å²) in [6.45, 7) is 1.92. The smallest absolute Gasteiger partial charge is 0.324 e. The SMILES string of the molecule is CC(N)c1ccc2c(c1)[nH]c(=O)n2C. The summed E-state index contributed by atoms with van der Waals surface area (Å²) in [7, 11) is 1.74. The van der Waals surface area contributed by atoms with Gasteiger partial charge < -0.3 is 10.7 Å². The maximum Gasteiger partial charge on any atom is 0.326 e. The molecular weight excluding hydrogens is 178 g/mol. The number of aromatic amines is 1. The maximum absolute atomic E-state index is 11.3. The van der Waals surface area contributed by atoms with Gasteiger partial charge in [0.2, 0.25) is 0 Å². The van der Waals surface area contributed by atoms with Crippen molar-refractivity contribution in [2.24, 2.45) is 12.8 Å². The number of rotatable bonds is 1. The lowest BCUT2D eigenvalue weighted by Gasteiger charge is -2.04. The van der Waals surface area contributed by atoms with E-state index in [0.29, 0.717) is 0 Å². The summed E-state index contributed by atoms with van der Waals surface area (Å²) < 4.78 is 1.58. The quantitative estimate of drug-likeness (QED) is 0.703. The third-order valence-corrected chi connectivity index (χ3v) is 2.45. The zero-order valence-corrected chi connectivity index (χ0v) is 8.24. The van der Waals surface area contributed by atoms with E-state index in [-0.39, 0.29) is 11.7 Å². The summed E-state index contributed by atoms with van der Waals surface area (Å²) in [4.78, 5) is 14.1. The molecular formula is C10H13N3O. The van der Waals surface area contributed by atoms with Gasteiger partial charge in [-0.25, -0.2) is 4.79 Å². The van der Waals surface area contributed by atoms with Gasteiger partial charge in [-0.2, -0.15) is 0 Å². The molecule has 4 heteroatoms. The second-order valence-electron chi connectivity index (χ2n) is 3.55. The van der Waals surface area contributed by atoms with Gasteiger partial charge in [0.25, 0.3) is 0 Å². The van der Waals surface area contributed by atoms with Crippen molar-refractivity contribution >= 4 is 11.0 Å². The fourth-order valence-corrected chi connectivity index (χ4v) is 1.54. The molecule has 14 heavy (non-hydrogen) atoms. The third-order valence-electron chi connectivity index (χ3n) is 2.45. The average molecular weight is 191 g/mol. The predicted octanol–water partition coefficient (Wildman–Crippen LogP) is 0.886. The lowest BCUT2D eigenvalue weighted by molar-refractivity contribution is 0.819. The van der Waals surface area contributed by atoms with E-state index >= 15 is 0 Å². The molecule has 1 aromatic carbocycles. The Morgan fingerprint density at radius 1 is 1.50 bits per heavy atom. The Hall–Kier alpha value is -1.55. The normalized spacial score (nSPS) is 13.4. The van der Waals surface area contributed by atoms with Crippen LogP contribution in [0.2, 0.25) is 0 Å². The average Bonchev–Trinajstić information content (AvgIpc) is 2.42. The Morgan fingerprint density at radius 3 is 2.86 bits per heavy atom. The van der Waals surface area contributed by atoms with Crippen molar-refractivity contribution < 1.29 is 0 Å². The molecule has 3 N–H and O–H groups in total. The van der Waals surface area contributed by atoms with Gasteiger partial charge in [0, 0.05) is 13.1 Å². The lowest BCUT2D eigenvalue weighted by atomic mass is 10.1. The van der Waals surface area contributed by atoms with Gasteiger partial charge >= 0.3 is 5.69 Å². The highest BCUT2D eigenvalue weighted by molar-refractivity contribution is 5.76. The molecule has 0 saturated carbocycles. The van der Waals surface area contributed by atoms with E-state index in [1.807, 2.05) is 25.1 Å². The van der Waals surface area contributed by atoms with Crippen molar-refractivity contribution in [3.63, 3.8) is 0 Å². The largest absolute Gasteiger partial charge is 0.326 e. The highest BCUT2D eigenvalue weighted by atomic mass is 16.1. The van der Waals surface area contributed by atoms with E-state index in [1.54, 1.807) is 11.6 Å². The van der Waals surface area contributed by atoms with E-state index < -0.39 is 0 Å². The number of nitrogens with two attached hydrogens (primary N) is 1. The van der Waals surface area contributed by atoms with Crippen LogP contribution in [0.1, 0.15) is 18.5 Å². The van der Waals surface area contributed by atoms with Crippen LogP contribution in [-0.4, -0.2) is 9.55 Å². The molecule has 0 bridgehead atoms. The first-order valence-corrected chi connectivity index (χ1v) is 4.54. The highest BCUT2D eigenvalue weighted by Crippen LogP contribution is 2.15. The van der Waals surface area contributed by atoms with Crippen LogP contribution in [0.25, 0.3) is 11.0 Å². The van der Waals surface area contributed by atoms with Gasteiger partial charge in [-0.3, -0.25) is 4.57 Å². The minimum atomic E-state index is -0.0955. The number of aromatic nitrogens is 2. The minimum Gasteiger partial charge on any atom is -0.324 e. The third kappa shape index (κ3) is 1.24. The molecule has 0 aliphatic carbocycles. The van der Waals surface area contributed by atoms with Crippen LogP contribution >= 0.6 is 0 Å². The number of fused-ring (bicyclic) bond motifs is 1. The summed E-state index contributed by atoms with van der Waals surface area (Å²) in [6, 6.07) is 5.76. The molecule has 1 unspecified atom stereocenters. The molecule has 0 spiro atoms. The van der Waals surface area contributed by atoms with E-state index in [0.717, 1.165) is 16.6 Å². The predicted molar refractivity (Wildman–Crippen MR) is 56.1 cm³/mol. The van der Waals surface area contributed by atoms with Gasteiger partial charge in [-0.05, 0) is 24.6 Å². The monoisotopic (exact) mass is 191 g/mol. The second kappa shape index (κ2) is 2.99. The Morgan fingerprint density at radius 2 is 2.21 bits per heavy atom. The molecule has 74 valence electrons. The van der Waals surface area contributed by atoms with E-state index in [2.05, 4.69) is 4.98 Å². The summed E-state index contributed by atoms with van der Waals surface area (Å²) in [5.41, 5.74) is 8.42. The van der Waals surface area contributed by atoms with Gasteiger partial charge in [-0.15, -0.1) is 0 Å². The molecule has 1 heterocycles. The summed E-state index contributed by atoms with van der Waals surface area (Å²) in [5.74, 6) is 0. The second-order valence-corrected chi connectivity index (χ2v) is 3.55. The topological polar surface area (TPSA) is 63.8 Å². The number of benzene rings is 1. The van der Waals surface area contributed by atoms with Crippen molar-refractivity contribution in [1.29, 1.82) is 0 Å². The number of imidazole rings is 1. The van der Waals surface area contributed by atoms with Gasteiger partial charge in [0.15, 0.2) is 0 Å². The molecule has 0 aliphatic heterocycles. The van der Waals surface area contributed by atoms with Gasteiger partial charge in [-0.1, -0.05) is 6.07 Å². The summed E-state index contributed by atoms with van der Waals surface area (Å²) in [6.07, 6.45) is 0.